The Morgan fingerprint density at radius 1 is 1.00 bits per heavy atom. The molecule has 0 spiro atoms. The summed E-state index contributed by atoms with van der Waals surface area (Å²) in [5.74, 6) is -0.561. The van der Waals surface area contributed by atoms with Gasteiger partial charge in [-0.25, -0.2) is 0 Å². The van der Waals surface area contributed by atoms with Crippen molar-refractivity contribution in [1.82, 2.24) is 4.90 Å². The largest absolute Gasteiger partial charge is 0.469 e. The Bertz CT molecular complexity index is 212. The Balaban J connectivity index is 3.95. The molecule has 0 aliphatic carbocycles. The number of rotatable bonds is 9. The van der Waals surface area contributed by atoms with Gasteiger partial charge in [0, 0.05) is 26.2 Å². The fourth-order valence-corrected chi connectivity index (χ4v) is 1.33. The molecule has 0 radical (unpaired) electrons. The first-order valence-electron chi connectivity index (χ1n) is 5.61. The number of carbonyl (C=O) groups is 2. The molecule has 0 bridgehead atoms. The lowest BCUT2D eigenvalue weighted by Gasteiger charge is -2.20. The number of hydrogen-bond donors (Lipinski definition) is 1. The zero-order chi connectivity index (χ0) is 13.1. The fourth-order valence-electron chi connectivity index (χ4n) is 1.33. The Labute approximate surface area is 101 Å². The molecule has 0 aromatic carbocycles. The van der Waals surface area contributed by atoms with E-state index in [-0.39, 0.29) is 31.4 Å². The van der Waals surface area contributed by atoms with Crippen molar-refractivity contribution in [3.05, 3.63) is 0 Å². The third-order valence-electron chi connectivity index (χ3n) is 2.35. The van der Waals surface area contributed by atoms with Crippen molar-refractivity contribution in [2.24, 2.45) is 0 Å². The molecule has 0 saturated carbocycles. The van der Waals surface area contributed by atoms with E-state index in [1.54, 1.807) is 0 Å². The molecule has 17 heavy (non-hydrogen) atoms. The predicted molar refractivity (Wildman–Crippen MR) is 61.4 cm³/mol. The van der Waals surface area contributed by atoms with E-state index in [0.717, 1.165) is 0 Å². The number of nitrogens with zero attached hydrogens (tertiary/aromatic N) is 1. The van der Waals surface area contributed by atoms with Gasteiger partial charge in [0.05, 0.1) is 27.1 Å². The Morgan fingerprint density at radius 3 is 1.82 bits per heavy atom. The minimum atomic E-state index is -0.280. The lowest BCUT2D eigenvalue weighted by atomic mass is 10.3. The Morgan fingerprint density at radius 2 is 1.47 bits per heavy atom. The van der Waals surface area contributed by atoms with Crippen LogP contribution in [0.3, 0.4) is 0 Å². The number of hydrogen-bond acceptors (Lipinski definition) is 6. The monoisotopic (exact) mass is 247 g/mol. The molecule has 100 valence electrons. The minimum Gasteiger partial charge on any atom is -0.469 e. The van der Waals surface area contributed by atoms with Gasteiger partial charge < -0.3 is 19.5 Å². The third-order valence-corrected chi connectivity index (χ3v) is 2.35. The van der Waals surface area contributed by atoms with E-state index in [4.69, 9.17) is 5.11 Å². The number of ether oxygens (including phenoxy) is 2. The zero-order valence-electron chi connectivity index (χ0n) is 10.5. The zero-order valence-corrected chi connectivity index (χ0v) is 10.5. The normalized spacial score (nSPS) is 10.4. The Hall–Kier alpha value is -1.14. The molecule has 0 saturated heterocycles. The molecular weight excluding hydrogens is 226 g/mol. The third kappa shape index (κ3) is 8.65. The number of carbonyl (C=O) groups excluding carboxylic acids is 2. The maximum absolute atomic E-state index is 11.0. The molecule has 6 nitrogen and oxygen atoms in total. The first kappa shape index (κ1) is 15.9. The number of methoxy groups -OCH3 is 2. The van der Waals surface area contributed by atoms with Crippen LogP contribution in [-0.4, -0.2) is 62.4 Å². The highest BCUT2D eigenvalue weighted by atomic mass is 16.5. The van der Waals surface area contributed by atoms with Gasteiger partial charge in [-0.15, -0.1) is 0 Å². The van der Waals surface area contributed by atoms with E-state index in [9.17, 15) is 9.59 Å². The molecule has 0 heterocycles. The lowest BCUT2D eigenvalue weighted by Crippen LogP contribution is -2.30. The molecule has 0 aromatic rings. The average molecular weight is 247 g/mol. The second kappa shape index (κ2) is 10.0. The van der Waals surface area contributed by atoms with Gasteiger partial charge >= 0.3 is 11.9 Å². The SMILES string of the molecule is COC(=O)CCN(CCCO)CCC(=O)OC. The fraction of sp³-hybridized carbons (Fsp3) is 0.818. The molecule has 0 aliphatic heterocycles. The molecule has 0 rings (SSSR count). The Kier molecular flexibility index (Phi) is 9.37. The summed E-state index contributed by atoms with van der Waals surface area (Å²) in [7, 11) is 2.68. The molecule has 0 fully saturated rings. The van der Waals surface area contributed by atoms with Gasteiger partial charge in [0.2, 0.25) is 0 Å². The van der Waals surface area contributed by atoms with E-state index in [0.29, 0.717) is 26.1 Å². The van der Waals surface area contributed by atoms with Gasteiger partial charge in [-0.2, -0.15) is 0 Å². The van der Waals surface area contributed by atoms with Gasteiger partial charge in [-0.05, 0) is 6.42 Å². The van der Waals surface area contributed by atoms with Crippen LogP contribution in [0.15, 0.2) is 0 Å². The van der Waals surface area contributed by atoms with E-state index in [1.165, 1.54) is 14.2 Å². The summed E-state index contributed by atoms with van der Waals surface area (Å²) in [6.45, 7) is 1.77. The number of aliphatic hydroxyl groups is 1. The molecule has 0 unspecified atom stereocenters. The second-order valence-electron chi connectivity index (χ2n) is 3.57. The maximum Gasteiger partial charge on any atom is 0.306 e. The summed E-state index contributed by atoms with van der Waals surface area (Å²) >= 11 is 0. The molecular formula is C11H21NO5. The van der Waals surface area contributed by atoms with E-state index in [1.807, 2.05) is 4.90 Å². The van der Waals surface area contributed by atoms with Gasteiger partial charge in [-0.3, -0.25) is 9.59 Å². The van der Waals surface area contributed by atoms with E-state index < -0.39 is 0 Å². The van der Waals surface area contributed by atoms with Crippen LogP contribution in [-0.2, 0) is 19.1 Å². The van der Waals surface area contributed by atoms with Crippen molar-refractivity contribution < 1.29 is 24.2 Å². The topological polar surface area (TPSA) is 76.1 Å². The van der Waals surface area contributed by atoms with Crippen molar-refractivity contribution in [1.29, 1.82) is 0 Å². The first-order valence-corrected chi connectivity index (χ1v) is 5.61. The van der Waals surface area contributed by atoms with Crippen LogP contribution >= 0.6 is 0 Å². The number of esters is 2. The predicted octanol–water partition coefficient (Wildman–Crippen LogP) is -0.203. The molecule has 0 amide bonds. The van der Waals surface area contributed by atoms with Crippen molar-refractivity contribution in [3.8, 4) is 0 Å². The number of aliphatic hydroxyl groups excluding tert-OH is 1. The van der Waals surface area contributed by atoms with Crippen molar-refractivity contribution >= 4 is 11.9 Å². The lowest BCUT2D eigenvalue weighted by molar-refractivity contribution is -0.141. The summed E-state index contributed by atoms with van der Waals surface area (Å²) in [4.78, 5) is 23.9. The summed E-state index contributed by atoms with van der Waals surface area (Å²) < 4.78 is 9.09. The van der Waals surface area contributed by atoms with E-state index in [2.05, 4.69) is 9.47 Å². The van der Waals surface area contributed by atoms with Crippen LogP contribution in [0.5, 0.6) is 0 Å². The summed E-state index contributed by atoms with van der Waals surface area (Å²) in [6, 6.07) is 0. The van der Waals surface area contributed by atoms with Crippen LogP contribution < -0.4 is 0 Å². The summed E-state index contributed by atoms with van der Waals surface area (Å²) in [5, 5.41) is 8.75. The van der Waals surface area contributed by atoms with Crippen molar-refractivity contribution in [2.75, 3.05) is 40.5 Å². The first-order chi connectivity index (χ1) is 8.13. The second-order valence-corrected chi connectivity index (χ2v) is 3.57. The van der Waals surface area contributed by atoms with Crippen LogP contribution in [0, 0.1) is 0 Å². The van der Waals surface area contributed by atoms with Crippen molar-refractivity contribution in [2.45, 2.75) is 19.3 Å². The van der Waals surface area contributed by atoms with Crippen LogP contribution in [0.1, 0.15) is 19.3 Å². The standard InChI is InChI=1S/C11H21NO5/c1-16-10(14)4-7-12(6-3-9-13)8-5-11(15)17-2/h13H,3-9H2,1-2H3. The average Bonchev–Trinajstić information content (AvgIpc) is 2.36. The van der Waals surface area contributed by atoms with E-state index >= 15 is 0 Å². The highest BCUT2D eigenvalue weighted by molar-refractivity contribution is 5.70. The smallest absolute Gasteiger partial charge is 0.306 e. The molecule has 0 aromatic heterocycles. The van der Waals surface area contributed by atoms with Crippen LogP contribution in [0.25, 0.3) is 0 Å². The molecule has 0 atom stereocenters. The molecule has 0 aliphatic rings. The van der Waals surface area contributed by atoms with Crippen molar-refractivity contribution in [3.63, 3.8) is 0 Å². The molecule has 6 heteroatoms. The van der Waals surface area contributed by atoms with Crippen LogP contribution in [0.4, 0.5) is 0 Å². The highest BCUT2D eigenvalue weighted by Gasteiger charge is 2.10. The summed E-state index contributed by atoms with van der Waals surface area (Å²) in [5.41, 5.74) is 0. The van der Waals surface area contributed by atoms with Gasteiger partial charge in [0.1, 0.15) is 0 Å². The quantitative estimate of drug-likeness (QED) is 0.568. The summed E-state index contributed by atoms with van der Waals surface area (Å²) in [6.07, 6.45) is 1.18. The maximum atomic E-state index is 11.0. The van der Waals surface area contributed by atoms with Gasteiger partial charge in [0.25, 0.3) is 0 Å². The van der Waals surface area contributed by atoms with Gasteiger partial charge in [0.15, 0.2) is 0 Å². The molecule has 1 N–H and O–H groups in total. The minimum absolute atomic E-state index is 0.0902. The van der Waals surface area contributed by atoms with Crippen LogP contribution in [0.2, 0.25) is 0 Å². The highest BCUT2D eigenvalue weighted by Crippen LogP contribution is 1.98. The van der Waals surface area contributed by atoms with Gasteiger partial charge in [-0.1, -0.05) is 0 Å².